The van der Waals surface area contributed by atoms with E-state index < -0.39 is 63.6 Å². The van der Waals surface area contributed by atoms with Crippen LogP contribution in [-0.2, 0) is 40.1 Å². The highest BCUT2D eigenvalue weighted by molar-refractivity contribution is 7.90. The summed E-state index contributed by atoms with van der Waals surface area (Å²) < 4.78 is 144. The fourth-order valence-corrected chi connectivity index (χ4v) is 19.9. The van der Waals surface area contributed by atoms with Crippen molar-refractivity contribution in [2.75, 3.05) is 99.8 Å². The minimum absolute atomic E-state index is 0.0731. The lowest BCUT2D eigenvalue weighted by Gasteiger charge is -2.35. The molecule has 666 valence electrons. The van der Waals surface area contributed by atoms with Crippen molar-refractivity contribution >= 4 is 133 Å². The molecule has 8 aromatic carbocycles. The molecule has 2 unspecified atom stereocenters. The molecule has 0 aliphatic carbocycles. The zero-order valence-corrected chi connectivity index (χ0v) is 75.1. The Morgan fingerprint density at radius 1 is 0.383 bits per heavy atom. The number of pyridine rings is 4. The molecule has 7 N–H and O–H groups in total. The van der Waals surface area contributed by atoms with Gasteiger partial charge in [0.15, 0.2) is 0 Å². The molecule has 7 heterocycles. The number of piperazine rings is 3. The van der Waals surface area contributed by atoms with Crippen molar-refractivity contribution in [3.63, 3.8) is 0 Å². The summed E-state index contributed by atoms with van der Waals surface area (Å²) in [5.41, 5.74) is 8.74. The molecule has 4 aromatic heterocycles. The molecule has 15 rings (SSSR count). The molecule has 4 amide bonds. The predicted molar refractivity (Wildman–Crippen MR) is 491 cm³/mol. The number of aromatic nitrogens is 4. The molecule has 3 saturated heterocycles. The van der Waals surface area contributed by atoms with Crippen molar-refractivity contribution in [2.45, 2.75) is 58.6 Å². The number of hydrogen-bond acceptors (Lipinski definition) is 19. The molecule has 3 aliphatic heterocycles. The van der Waals surface area contributed by atoms with Crippen LogP contribution in [0.2, 0.25) is 20.1 Å². The van der Waals surface area contributed by atoms with Gasteiger partial charge in [-0.2, -0.15) is 26.1 Å². The van der Waals surface area contributed by atoms with Crippen molar-refractivity contribution in [3.05, 3.63) is 310 Å². The topological polar surface area (TPSA) is 354 Å². The molecule has 128 heavy (non-hydrogen) atoms. The third-order valence-corrected chi connectivity index (χ3v) is 28.6. The summed E-state index contributed by atoms with van der Waals surface area (Å²) in [5.74, 6) is -1.58. The zero-order chi connectivity index (χ0) is 91.5. The summed E-state index contributed by atoms with van der Waals surface area (Å²) in [4.78, 5) is 70.2. The largest absolute Gasteiger partial charge is 0.402 e. The van der Waals surface area contributed by atoms with E-state index in [9.17, 15) is 66.0 Å². The van der Waals surface area contributed by atoms with Crippen LogP contribution in [-0.4, -0.2) is 192 Å². The normalized spacial score (nSPS) is 15.4. The van der Waals surface area contributed by atoms with E-state index >= 15 is 0 Å². The van der Waals surface area contributed by atoms with Crippen LogP contribution in [0.1, 0.15) is 62.2 Å². The average molecular weight is 1900 g/mol. The van der Waals surface area contributed by atoms with Crippen LogP contribution in [0.3, 0.4) is 0 Å². The average Bonchev–Trinajstić information content (AvgIpc) is 0.795. The smallest absolute Gasteiger partial charge is 0.322 e. The van der Waals surface area contributed by atoms with Crippen LogP contribution in [0, 0.1) is 0 Å². The molecule has 27 nitrogen and oxygen atoms in total. The van der Waals surface area contributed by atoms with Gasteiger partial charge in [0.05, 0.1) is 62.4 Å². The molecular weight excluding hydrogens is 1810 g/mol. The number of sulfonamides is 4. The van der Waals surface area contributed by atoms with E-state index in [1.807, 2.05) is 68.4 Å². The highest BCUT2D eigenvalue weighted by atomic mass is 35.5. The Hall–Kier alpha value is -11.3. The van der Waals surface area contributed by atoms with Crippen molar-refractivity contribution in [1.29, 1.82) is 0 Å². The maximum absolute atomic E-state index is 13.0. The van der Waals surface area contributed by atoms with Crippen LogP contribution in [0.4, 0.5) is 35.9 Å². The first kappa shape index (κ1) is 95.8. The molecule has 2 atom stereocenters. The molecule has 0 radical (unpaired) electrons. The Labute approximate surface area is 759 Å². The van der Waals surface area contributed by atoms with Crippen molar-refractivity contribution in [2.24, 2.45) is 0 Å². The van der Waals surface area contributed by atoms with E-state index in [-0.39, 0.29) is 50.1 Å². The molecule has 0 bridgehead atoms. The van der Waals surface area contributed by atoms with Gasteiger partial charge in [-0.1, -0.05) is 77.6 Å². The molecule has 0 saturated carbocycles. The summed E-state index contributed by atoms with van der Waals surface area (Å²) in [6.07, 6.45) is 1.95. The predicted octanol–water partition coefficient (Wildman–Crippen LogP) is 15.7. The minimum Gasteiger partial charge on any atom is -0.322 e. The number of nitrogens with zero attached hydrogens (tertiary/aromatic N) is 8. The summed E-state index contributed by atoms with van der Waals surface area (Å²) in [6.45, 7) is 10.5. The fraction of sp³-hybridized carbons (Fsp3) is 0.200. The Morgan fingerprint density at radius 3 is 0.938 bits per heavy atom. The molecule has 12 aromatic rings. The Balaban J connectivity index is 0.000000155. The maximum Gasteiger partial charge on any atom is 0.402 e. The molecule has 3 aliphatic rings. The number of benzene rings is 8. The Bertz CT molecular complexity index is 6390. The van der Waals surface area contributed by atoms with Gasteiger partial charge < -0.3 is 36.8 Å². The lowest BCUT2D eigenvalue weighted by Crippen LogP contribution is -2.55. The second-order valence-electron chi connectivity index (χ2n) is 29.3. The van der Waals surface area contributed by atoms with E-state index in [1.165, 1.54) is 103 Å². The SMILES string of the molecule is CC1CN(S(=O)(=O)c2ccc(C(=O)Nc3ccc(Cl)c(-c4ccccn4)c3)cc2)CC(C)N1.CCN1CCN(S(=O)(=O)c2ccc(C(=O)Nc3ccc(Cl)c(-c4ccccn4)c3)cc2)CC1.O=C(Nc1ccc(Cl)c(-c2ccccn2)c1)c1ccc(S(=O)(=O)N2CCNCC2)cc1.O=C(Nc1ccc(Cl)c(-c2ccccn2)c1)c1ccc(S(=O)(=O)NCC(F)(F)F)cc1. The summed E-state index contributed by atoms with van der Waals surface area (Å²) >= 11 is 25.1. The highest BCUT2D eigenvalue weighted by Crippen LogP contribution is 2.35. The number of rotatable bonds is 22. The first-order chi connectivity index (χ1) is 61.1. The van der Waals surface area contributed by atoms with Gasteiger partial charge in [0.1, 0.15) is 6.54 Å². The minimum atomic E-state index is -4.68. The first-order valence-corrected chi connectivity index (χ1v) is 47.2. The van der Waals surface area contributed by atoms with Gasteiger partial charge in [-0.15, -0.1) is 0 Å². The van der Waals surface area contributed by atoms with E-state index in [0.29, 0.717) is 157 Å². The van der Waals surface area contributed by atoms with E-state index in [2.05, 4.69) is 63.7 Å². The summed E-state index contributed by atoms with van der Waals surface area (Å²) in [5, 5.41) is 19.6. The Morgan fingerprint density at radius 2 is 0.664 bits per heavy atom. The van der Waals surface area contributed by atoms with Gasteiger partial charge >= 0.3 is 6.18 Å². The van der Waals surface area contributed by atoms with Crippen molar-refractivity contribution in [1.82, 2.24) is 53.1 Å². The van der Waals surface area contributed by atoms with Gasteiger partial charge in [0, 0.05) is 170 Å². The number of anilines is 4. The van der Waals surface area contributed by atoms with Crippen molar-refractivity contribution < 1.29 is 66.0 Å². The monoisotopic (exact) mass is 1890 g/mol. The molecule has 0 spiro atoms. The van der Waals surface area contributed by atoms with Crippen LogP contribution >= 0.6 is 46.4 Å². The van der Waals surface area contributed by atoms with Crippen LogP contribution in [0.5, 0.6) is 0 Å². The van der Waals surface area contributed by atoms with Gasteiger partial charge in [0.2, 0.25) is 40.1 Å². The highest BCUT2D eigenvalue weighted by Gasteiger charge is 2.34. The first-order valence-electron chi connectivity index (χ1n) is 39.9. The molecular formula is C90H86Cl4F3N15O12S4. The van der Waals surface area contributed by atoms with Crippen LogP contribution in [0.25, 0.3) is 45.0 Å². The number of nitrogens with one attached hydrogen (secondary N) is 7. The number of halogens is 7. The van der Waals surface area contributed by atoms with Gasteiger partial charge in [-0.05, 0) is 239 Å². The number of likely N-dealkylation sites (N-methyl/N-ethyl adjacent to an activating group) is 1. The van der Waals surface area contributed by atoms with Crippen LogP contribution in [0.15, 0.2) is 287 Å². The van der Waals surface area contributed by atoms with Gasteiger partial charge in [-0.3, -0.25) is 39.1 Å². The number of carbonyl (C=O) groups excluding carboxylic acids is 4. The number of alkyl halides is 3. The number of amides is 4. The number of hydrogen-bond donors (Lipinski definition) is 7. The second-order valence-corrected chi connectivity index (χ2v) is 38.5. The standard InChI is InChI=1S/2C24H25ClN4O3S.C22H21ClN4O3S.C20H15ClF3N3O3S/c1-16-14-29(15-17(2)27-16)33(31,32)20-9-6-18(7-10-20)24(30)28-19-8-11-22(25)21(13-19)23-5-3-4-12-26-23;1-2-28-13-15-29(16-14-28)33(31,32)20-9-6-18(7-10-20)24(30)27-19-8-11-22(25)21(17-19)23-5-3-4-12-26-23;23-20-9-6-17(15-19(20)21-3-1-2-10-25-21)26-22(28)16-4-7-18(8-5-16)31(29,30)27-13-11-24-12-14-27;21-17-9-6-14(11-16(17)18-3-1-2-10-25-18)27-19(28)13-4-7-15(8-5-13)31(29,30)26-12-20(22,23)24/h3-13,16-17,27H,14-15H2,1-2H3,(H,28,30);3-12,17H,2,13-16H2,1H3,(H,27,30);1-10,15,24H,11-14H2,(H,26,28);1-11,26H,12H2,(H,27,28). The van der Waals surface area contributed by atoms with Crippen LogP contribution < -0.4 is 36.6 Å². The zero-order valence-electron chi connectivity index (χ0n) is 68.8. The fourth-order valence-electron chi connectivity index (χ4n) is 13.6. The van der Waals surface area contributed by atoms with E-state index in [4.69, 9.17) is 46.4 Å². The van der Waals surface area contributed by atoms with E-state index in [1.54, 1.807) is 116 Å². The summed E-state index contributed by atoms with van der Waals surface area (Å²) in [7, 11) is -15.1. The van der Waals surface area contributed by atoms with E-state index in [0.717, 1.165) is 31.8 Å². The quantitative estimate of drug-likeness (QED) is 0.0331. The Kier molecular flexibility index (Phi) is 32.3. The number of carbonyl (C=O) groups is 4. The maximum atomic E-state index is 13.0. The second kappa shape index (κ2) is 43.2. The third-order valence-electron chi connectivity index (χ3n) is 20.2. The third kappa shape index (κ3) is 25.4. The summed E-state index contributed by atoms with van der Waals surface area (Å²) in [6, 6.07) is 64.8. The van der Waals surface area contributed by atoms with Crippen molar-refractivity contribution in [3.8, 4) is 45.0 Å². The molecule has 3 fully saturated rings. The van der Waals surface area contributed by atoms with Gasteiger partial charge in [0.25, 0.3) is 23.6 Å². The lowest BCUT2D eigenvalue weighted by molar-refractivity contribution is -0.121. The van der Waals surface area contributed by atoms with Gasteiger partial charge in [-0.25, -0.2) is 38.4 Å². The molecule has 38 heteroatoms. The lowest BCUT2D eigenvalue weighted by atomic mass is 10.1.